The summed E-state index contributed by atoms with van der Waals surface area (Å²) in [7, 11) is 0. The Bertz CT molecular complexity index is 606. The predicted molar refractivity (Wildman–Crippen MR) is 83.8 cm³/mol. The molecule has 1 atom stereocenters. The Balaban J connectivity index is 1.74. The Hall–Kier alpha value is -2.04. The third-order valence-electron chi connectivity index (χ3n) is 4.93. The molecule has 0 bridgehead atoms. The van der Waals surface area contributed by atoms with Crippen LogP contribution in [0.15, 0.2) is 18.2 Å². The number of ether oxygens (including phenoxy) is 1. The first-order valence-corrected chi connectivity index (χ1v) is 7.93. The van der Waals surface area contributed by atoms with Crippen molar-refractivity contribution in [3.8, 4) is 5.75 Å². The van der Waals surface area contributed by atoms with Gasteiger partial charge in [0, 0.05) is 5.92 Å². The number of amides is 2. The van der Waals surface area contributed by atoms with Gasteiger partial charge in [-0.3, -0.25) is 9.59 Å². The summed E-state index contributed by atoms with van der Waals surface area (Å²) in [6.07, 6.45) is 5.72. The number of carbonyl (C=O) groups excluding carboxylic acids is 2. The van der Waals surface area contributed by atoms with E-state index in [1.807, 2.05) is 6.92 Å². The van der Waals surface area contributed by atoms with Crippen LogP contribution >= 0.6 is 0 Å². The summed E-state index contributed by atoms with van der Waals surface area (Å²) in [4.78, 5) is 24.0. The van der Waals surface area contributed by atoms with E-state index >= 15 is 0 Å². The molecule has 2 aliphatic rings. The molecule has 1 aromatic carbocycles. The van der Waals surface area contributed by atoms with Gasteiger partial charge < -0.3 is 15.8 Å². The van der Waals surface area contributed by atoms with Gasteiger partial charge in [0.2, 0.25) is 5.91 Å². The van der Waals surface area contributed by atoms with E-state index in [2.05, 4.69) is 5.32 Å². The van der Waals surface area contributed by atoms with Crippen LogP contribution in [-0.4, -0.2) is 18.4 Å². The first-order valence-electron chi connectivity index (χ1n) is 7.93. The molecule has 0 aromatic heterocycles. The minimum atomic E-state index is -0.566. The van der Waals surface area contributed by atoms with Gasteiger partial charge in [-0.05, 0) is 49.8 Å². The van der Waals surface area contributed by atoms with E-state index in [-0.39, 0.29) is 17.2 Å². The van der Waals surface area contributed by atoms with Gasteiger partial charge in [-0.25, -0.2) is 0 Å². The highest BCUT2D eigenvalue weighted by Crippen LogP contribution is 2.63. The molecule has 2 amide bonds. The van der Waals surface area contributed by atoms with Crippen LogP contribution in [0.4, 0.5) is 5.69 Å². The van der Waals surface area contributed by atoms with Crippen LogP contribution in [0, 0.1) is 11.3 Å². The number of hydrogen-bond donors (Lipinski definition) is 2. The molecule has 3 rings (SSSR count). The fourth-order valence-electron chi connectivity index (χ4n) is 3.66. The molecule has 22 heavy (non-hydrogen) atoms. The summed E-state index contributed by atoms with van der Waals surface area (Å²) in [5, 5.41) is 2.88. The molecule has 5 nitrogen and oxygen atoms in total. The molecule has 118 valence electrons. The Morgan fingerprint density at radius 1 is 1.36 bits per heavy atom. The number of hydrogen-bond acceptors (Lipinski definition) is 3. The number of anilines is 1. The topological polar surface area (TPSA) is 81.4 Å². The third-order valence-corrected chi connectivity index (χ3v) is 4.93. The van der Waals surface area contributed by atoms with Crippen molar-refractivity contribution in [3.05, 3.63) is 23.8 Å². The van der Waals surface area contributed by atoms with Crippen LogP contribution in [0.25, 0.3) is 0 Å². The lowest BCUT2D eigenvalue weighted by molar-refractivity contribution is -0.118. The largest absolute Gasteiger partial charge is 0.494 e. The van der Waals surface area contributed by atoms with Crippen LogP contribution in [0.1, 0.15) is 49.4 Å². The van der Waals surface area contributed by atoms with Gasteiger partial charge >= 0.3 is 0 Å². The minimum absolute atomic E-state index is 0.00793. The lowest BCUT2D eigenvalue weighted by Crippen LogP contribution is -2.21. The number of benzene rings is 1. The molecule has 5 heteroatoms. The van der Waals surface area contributed by atoms with Crippen LogP contribution in [0.5, 0.6) is 5.75 Å². The van der Waals surface area contributed by atoms with Crippen molar-refractivity contribution < 1.29 is 14.3 Å². The fraction of sp³-hybridized carbons (Fsp3) is 0.529. The van der Waals surface area contributed by atoms with Gasteiger partial charge in [0.1, 0.15) is 5.75 Å². The third kappa shape index (κ3) is 2.67. The molecular weight excluding hydrogens is 280 g/mol. The number of nitrogens with two attached hydrogens (primary N) is 1. The van der Waals surface area contributed by atoms with Crippen molar-refractivity contribution >= 4 is 17.5 Å². The Kier molecular flexibility index (Phi) is 3.81. The second-order valence-corrected chi connectivity index (χ2v) is 6.32. The van der Waals surface area contributed by atoms with E-state index in [0.29, 0.717) is 23.6 Å². The predicted octanol–water partition coefficient (Wildman–Crippen LogP) is 2.70. The molecule has 2 aliphatic carbocycles. The summed E-state index contributed by atoms with van der Waals surface area (Å²) in [6, 6.07) is 5.01. The monoisotopic (exact) mass is 302 g/mol. The van der Waals surface area contributed by atoms with Gasteiger partial charge in [-0.15, -0.1) is 0 Å². The molecular formula is C17H22N2O3. The van der Waals surface area contributed by atoms with E-state index in [4.69, 9.17) is 10.5 Å². The highest BCUT2D eigenvalue weighted by atomic mass is 16.5. The molecule has 0 saturated heterocycles. The average Bonchev–Trinajstić information content (AvgIpc) is 2.98. The quantitative estimate of drug-likeness (QED) is 0.877. The van der Waals surface area contributed by atoms with Crippen LogP contribution in [0.2, 0.25) is 0 Å². The molecule has 0 heterocycles. The van der Waals surface area contributed by atoms with Gasteiger partial charge in [0.25, 0.3) is 5.91 Å². The summed E-state index contributed by atoms with van der Waals surface area (Å²) in [5.41, 5.74) is 6.42. The summed E-state index contributed by atoms with van der Waals surface area (Å²) < 4.78 is 5.37. The lowest BCUT2D eigenvalue weighted by Gasteiger charge is -2.13. The molecule has 0 aliphatic heterocycles. The van der Waals surface area contributed by atoms with Gasteiger partial charge in [0.05, 0.1) is 17.9 Å². The molecule has 0 radical (unpaired) electrons. The molecule has 2 fully saturated rings. The normalized spacial score (nSPS) is 21.6. The van der Waals surface area contributed by atoms with E-state index in [9.17, 15) is 9.59 Å². The Morgan fingerprint density at radius 2 is 2.09 bits per heavy atom. The first-order chi connectivity index (χ1) is 10.6. The second kappa shape index (κ2) is 5.63. The lowest BCUT2D eigenvalue weighted by atomic mass is 10.0. The summed E-state index contributed by atoms with van der Waals surface area (Å²) in [5.74, 6) is 0.104. The van der Waals surface area contributed by atoms with Crippen LogP contribution < -0.4 is 15.8 Å². The van der Waals surface area contributed by atoms with Crippen molar-refractivity contribution in [2.75, 3.05) is 11.9 Å². The van der Waals surface area contributed by atoms with Gasteiger partial charge in [-0.1, -0.05) is 12.8 Å². The zero-order valence-corrected chi connectivity index (χ0v) is 12.9. The molecule has 1 aromatic rings. The maximum Gasteiger partial charge on any atom is 0.250 e. The molecule has 0 unspecified atom stereocenters. The van der Waals surface area contributed by atoms with E-state index in [1.165, 1.54) is 12.8 Å². The molecule has 2 saturated carbocycles. The minimum Gasteiger partial charge on any atom is -0.494 e. The standard InChI is InChI=1S/C17H22N2O3/c1-2-22-11-5-6-14(12(9-11)15(18)20)19-16(21)13-10-17(13)7-3-4-8-17/h5-6,9,13H,2-4,7-8,10H2,1H3,(H2,18,20)(H,19,21)/t13-/m1/s1. The highest BCUT2D eigenvalue weighted by molar-refractivity contribution is 6.04. The SMILES string of the molecule is CCOc1ccc(NC(=O)[C@H]2CC23CCCC3)c(C(N)=O)c1. The van der Waals surface area contributed by atoms with Crippen molar-refractivity contribution in [2.45, 2.75) is 39.0 Å². The Morgan fingerprint density at radius 3 is 2.73 bits per heavy atom. The maximum atomic E-state index is 12.4. The van der Waals surface area contributed by atoms with Crippen LogP contribution in [0.3, 0.4) is 0 Å². The number of primary amides is 1. The molecule has 3 N–H and O–H groups in total. The fourth-order valence-corrected chi connectivity index (χ4v) is 3.66. The van der Waals surface area contributed by atoms with Crippen molar-refractivity contribution in [1.29, 1.82) is 0 Å². The van der Waals surface area contributed by atoms with E-state index in [1.54, 1.807) is 18.2 Å². The number of nitrogens with one attached hydrogen (secondary N) is 1. The second-order valence-electron chi connectivity index (χ2n) is 6.32. The smallest absolute Gasteiger partial charge is 0.250 e. The summed E-state index contributed by atoms with van der Waals surface area (Å²) >= 11 is 0. The van der Waals surface area contributed by atoms with Crippen molar-refractivity contribution in [3.63, 3.8) is 0 Å². The van der Waals surface area contributed by atoms with Gasteiger partial charge in [0.15, 0.2) is 0 Å². The van der Waals surface area contributed by atoms with Crippen molar-refractivity contribution in [2.24, 2.45) is 17.1 Å². The first kappa shape index (κ1) is 14.9. The maximum absolute atomic E-state index is 12.4. The Labute approximate surface area is 130 Å². The number of carbonyl (C=O) groups is 2. The summed E-state index contributed by atoms with van der Waals surface area (Å²) in [6.45, 7) is 2.38. The van der Waals surface area contributed by atoms with Crippen LogP contribution in [-0.2, 0) is 4.79 Å². The highest BCUT2D eigenvalue weighted by Gasteiger charge is 2.58. The van der Waals surface area contributed by atoms with Gasteiger partial charge in [-0.2, -0.15) is 0 Å². The molecule has 1 spiro atoms. The van der Waals surface area contributed by atoms with E-state index < -0.39 is 5.91 Å². The van der Waals surface area contributed by atoms with E-state index in [0.717, 1.165) is 19.3 Å². The zero-order valence-electron chi connectivity index (χ0n) is 12.9. The zero-order chi connectivity index (χ0) is 15.7. The average molecular weight is 302 g/mol. The van der Waals surface area contributed by atoms with Crippen molar-refractivity contribution in [1.82, 2.24) is 0 Å². The number of rotatable bonds is 5.